The largest absolute Gasteiger partial charge is 0.444 e. The molecule has 1 N–H and O–H groups in total. The Morgan fingerprint density at radius 2 is 1.75 bits per heavy atom. The first-order valence-corrected chi connectivity index (χ1v) is 6.77. The molecule has 1 aliphatic rings. The van der Waals surface area contributed by atoms with E-state index in [-0.39, 0.29) is 0 Å². The molecule has 1 amide bonds. The number of carbonyl (C=O) groups is 1. The molecule has 1 aromatic carbocycles. The quantitative estimate of drug-likeness (QED) is 0.824. The molecule has 0 saturated carbocycles. The second-order valence-electron chi connectivity index (χ2n) is 6.04. The third-order valence-corrected chi connectivity index (χ3v) is 3.10. The number of allylic oxidation sites excluding steroid dienone is 4. The Labute approximate surface area is 120 Å². The van der Waals surface area contributed by atoms with E-state index < -0.39 is 11.7 Å². The zero-order valence-electron chi connectivity index (χ0n) is 12.7. The van der Waals surface area contributed by atoms with Crippen LogP contribution in [-0.4, -0.2) is 11.7 Å². The predicted molar refractivity (Wildman–Crippen MR) is 82.1 cm³/mol. The lowest BCUT2D eigenvalue weighted by molar-refractivity contribution is 0.0546. The second kappa shape index (κ2) is 5.16. The van der Waals surface area contributed by atoms with Crippen LogP contribution in [0.1, 0.15) is 45.7 Å². The normalized spacial score (nSPS) is 16.4. The van der Waals surface area contributed by atoms with Gasteiger partial charge < -0.3 is 4.74 Å². The van der Waals surface area contributed by atoms with Crippen LogP contribution in [0, 0.1) is 0 Å². The minimum Gasteiger partial charge on any atom is -0.444 e. The lowest BCUT2D eigenvalue weighted by Gasteiger charge is -2.20. The maximum atomic E-state index is 11.8. The molecule has 0 heterocycles. The van der Waals surface area contributed by atoms with Crippen molar-refractivity contribution in [2.24, 2.45) is 0 Å². The van der Waals surface area contributed by atoms with Crippen molar-refractivity contribution in [2.45, 2.75) is 40.2 Å². The van der Waals surface area contributed by atoms with Crippen LogP contribution in [0.25, 0.3) is 11.1 Å². The van der Waals surface area contributed by atoms with E-state index >= 15 is 0 Å². The highest BCUT2D eigenvalue weighted by atomic mass is 16.6. The van der Waals surface area contributed by atoms with Crippen molar-refractivity contribution in [3.05, 3.63) is 47.2 Å². The minimum atomic E-state index is -0.492. The number of hydrogen-bond acceptors (Lipinski definition) is 2. The van der Waals surface area contributed by atoms with Gasteiger partial charge in [0.1, 0.15) is 5.60 Å². The van der Waals surface area contributed by atoms with E-state index in [2.05, 4.69) is 30.4 Å². The molecule has 0 radical (unpaired) electrons. The van der Waals surface area contributed by atoms with Gasteiger partial charge in [-0.2, -0.15) is 0 Å². The molecule has 0 bridgehead atoms. The number of alkyl carbamates (subject to hydrolysis) is 1. The molecular weight excluding hydrogens is 250 g/mol. The highest BCUT2D eigenvalue weighted by Crippen LogP contribution is 2.35. The Hall–Kier alpha value is -2.03. The number of hydrogen-bond donors (Lipinski definition) is 1. The van der Waals surface area contributed by atoms with Gasteiger partial charge in [0.15, 0.2) is 0 Å². The van der Waals surface area contributed by atoms with Crippen LogP contribution < -0.4 is 5.32 Å². The Balaban J connectivity index is 2.25. The van der Waals surface area contributed by atoms with Crippen molar-refractivity contribution in [1.29, 1.82) is 0 Å². The molecule has 1 aromatic rings. The van der Waals surface area contributed by atoms with Crippen molar-refractivity contribution < 1.29 is 9.53 Å². The minimum absolute atomic E-state index is 0.419. The molecule has 1 aliphatic carbocycles. The van der Waals surface area contributed by atoms with Crippen molar-refractivity contribution in [3.8, 4) is 0 Å². The lowest BCUT2D eigenvalue weighted by Crippen LogP contribution is -2.31. The van der Waals surface area contributed by atoms with E-state index in [1.807, 2.05) is 39.8 Å². The summed E-state index contributed by atoms with van der Waals surface area (Å²) in [6, 6.07) is 8.19. The molecule has 3 nitrogen and oxygen atoms in total. The van der Waals surface area contributed by atoms with E-state index in [9.17, 15) is 4.79 Å². The van der Waals surface area contributed by atoms with E-state index in [0.717, 1.165) is 16.8 Å². The van der Waals surface area contributed by atoms with Crippen LogP contribution in [0.15, 0.2) is 36.0 Å². The van der Waals surface area contributed by atoms with E-state index in [1.54, 1.807) is 0 Å². The van der Waals surface area contributed by atoms with Gasteiger partial charge in [-0.1, -0.05) is 24.3 Å². The summed E-state index contributed by atoms with van der Waals surface area (Å²) in [5, 5.41) is 2.81. The Bertz CT molecular complexity index is 604. The topological polar surface area (TPSA) is 38.3 Å². The first-order valence-electron chi connectivity index (χ1n) is 6.77. The average molecular weight is 271 g/mol. The summed E-state index contributed by atoms with van der Waals surface area (Å²) in [5.74, 6) is 0. The van der Waals surface area contributed by atoms with Gasteiger partial charge in [0.25, 0.3) is 0 Å². The highest BCUT2D eigenvalue weighted by Gasteiger charge is 2.20. The molecule has 2 rings (SSSR count). The van der Waals surface area contributed by atoms with Gasteiger partial charge >= 0.3 is 6.09 Å². The fraction of sp³-hybridized carbons (Fsp3) is 0.353. The number of nitrogens with one attached hydrogen (secondary N) is 1. The molecule has 3 heteroatoms. The zero-order valence-corrected chi connectivity index (χ0v) is 12.7. The standard InChI is InChI=1S/C17H21NO2/c1-11-10-15(14-9-7-6-8-13(11)14)12(2)18-16(19)20-17(3,4)5/h6-10H,1-5H3,(H,18,19)/b15-12+. The van der Waals surface area contributed by atoms with Crippen LogP contribution in [-0.2, 0) is 4.74 Å². The summed E-state index contributed by atoms with van der Waals surface area (Å²) in [6.07, 6.45) is 1.68. The first-order chi connectivity index (χ1) is 9.28. The monoisotopic (exact) mass is 271 g/mol. The number of benzene rings is 1. The molecule has 0 fully saturated rings. The third-order valence-electron chi connectivity index (χ3n) is 3.10. The molecule has 0 atom stereocenters. The maximum absolute atomic E-state index is 11.8. The molecule has 0 aliphatic heterocycles. The zero-order chi connectivity index (χ0) is 14.9. The number of fused-ring (bicyclic) bond motifs is 1. The van der Waals surface area contributed by atoms with Gasteiger partial charge in [-0.05, 0) is 57.4 Å². The first kappa shape index (κ1) is 14.4. The number of ether oxygens (including phenoxy) is 1. The smallest absolute Gasteiger partial charge is 0.411 e. The van der Waals surface area contributed by atoms with Crippen LogP contribution >= 0.6 is 0 Å². The van der Waals surface area contributed by atoms with Gasteiger partial charge in [-0.25, -0.2) is 4.79 Å². The Kier molecular flexibility index (Phi) is 3.71. The van der Waals surface area contributed by atoms with Crippen LogP contribution in [0.5, 0.6) is 0 Å². The van der Waals surface area contributed by atoms with Crippen LogP contribution in [0.3, 0.4) is 0 Å². The SMILES string of the molecule is CC1=C/C(=C(/C)NC(=O)OC(C)(C)C)c2ccccc21. The number of carbonyl (C=O) groups excluding carboxylic acids is 1. The lowest BCUT2D eigenvalue weighted by atomic mass is 10.0. The molecule has 20 heavy (non-hydrogen) atoms. The summed E-state index contributed by atoms with van der Waals surface area (Å²) in [7, 11) is 0. The van der Waals surface area contributed by atoms with Gasteiger partial charge in [0, 0.05) is 11.3 Å². The van der Waals surface area contributed by atoms with E-state index in [0.29, 0.717) is 0 Å². The Morgan fingerprint density at radius 1 is 1.15 bits per heavy atom. The summed E-state index contributed by atoms with van der Waals surface area (Å²) < 4.78 is 5.28. The van der Waals surface area contributed by atoms with Gasteiger partial charge in [0.05, 0.1) is 0 Å². The fourth-order valence-electron chi connectivity index (χ4n) is 2.27. The predicted octanol–water partition coefficient (Wildman–Crippen LogP) is 4.36. The Morgan fingerprint density at radius 3 is 2.35 bits per heavy atom. The molecule has 0 aromatic heterocycles. The van der Waals surface area contributed by atoms with Crippen LogP contribution in [0.4, 0.5) is 4.79 Å². The number of rotatable bonds is 1. The summed E-state index contributed by atoms with van der Waals surface area (Å²) in [5.41, 5.74) is 4.94. The fourth-order valence-corrected chi connectivity index (χ4v) is 2.27. The van der Waals surface area contributed by atoms with Crippen molar-refractivity contribution >= 4 is 17.2 Å². The molecule has 106 valence electrons. The third kappa shape index (κ3) is 3.10. The molecular formula is C17H21NO2. The summed E-state index contributed by atoms with van der Waals surface area (Å²) in [6.45, 7) is 9.52. The second-order valence-corrected chi connectivity index (χ2v) is 6.04. The van der Waals surface area contributed by atoms with Gasteiger partial charge in [-0.15, -0.1) is 0 Å². The molecule has 0 saturated heterocycles. The van der Waals surface area contributed by atoms with Crippen molar-refractivity contribution in [1.82, 2.24) is 5.32 Å². The van der Waals surface area contributed by atoms with Crippen molar-refractivity contribution in [3.63, 3.8) is 0 Å². The van der Waals surface area contributed by atoms with E-state index in [4.69, 9.17) is 4.74 Å². The average Bonchev–Trinajstić information content (AvgIpc) is 2.65. The van der Waals surface area contributed by atoms with E-state index in [1.165, 1.54) is 11.1 Å². The van der Waals surface area contributed by atoms with Gasteiger partial charge in [-0.3, -0.25) is 5.32 Å². The maximum Gasteiger partial charge on any atom is 0.411 e. The van der Waals surface area contributed by atoms with Crippen molar-refractivity contribution in [2.75, 3.05) is 0 Å². The van der Waals surface area contributed by atoms with Gasteiger partial charge in [0.2, 0.25) is 0 Å². The summed E-state index contributed by atoms with van der Waals surface area (Å²) in [4.78, 5) is 11.8. The number of amides is 1. The van der Waals surface area contributed by atoms with Crippen LogP contribution in [0.2, 0.25) is 0 Å². The molecule has 0 unspecified atom stereocenters. The molecule has 0 spiro atoms. The highest BCUT2D eigenvalue weighted by molar-refractivity contribution is 5.96. The summed E-state index contributed by atoms with van der Waals surface area (Å²) >= 11 is 0.